The van der Waals surface area contributed by atoms with Crippen molar-refractivity contribution in [3.63, 3.8) is 0 Å². The van der Waals surface area contributed by atoms with E-state index in [9.17, 15) is 9.90 Å². The third kappa shape index (κ3) is 1.96. The summed E-state index contributed by atoms with van der Waals surface area (Å²) in [4.78, 5) is 12.1. The quantitative estimate of drug-likeness (QED) is 0.777. The number of ketones is 1. The predicted molar refractivity (Wildman–Crippen MR) is 62.7 cm³/mol. The second-order valence-electron chi connectivity index (χ2n) is 3.69. The summed E-state index contributed by atoms with van der Waals surface area (Å²) in [6.45, 7) is 1.90. The summed E-state index contributed by atoms with van der Waals surface area (Å²) in [7, 11) is 0. The Hall–Kier alpha value is -2.09. The van der Waals surface area contributed by atoms with E-state index in [1.807, 2.05) is 25.1 Å². The van der Waals surface area contributed by atoms with E-state index in [1.54, 1.807) is 24.3 Å². The lowest BCUT2D eigenvalue weighted by Gasteiger charge is -2.04. The number of benzene rings is 2. The molecule has 2 aromatic carbocycles. The molecule has 2 aromatic rings. The normalized spacial score (nSPS) is 10.1. The maximum atomic E-state index is 12.1. The van der Waals surface area contributed by atoms with Gasteiger partial charge in [0.25, 0.3) is 0 Å². The number of carbonyl (C=O) groups excluding carboxylic acids is 1. The van der Waals surface area contributed by atoms with Crippen LogP contribution in [0, 0.1) is 6.92 Å². The highest BCUT2D eigenvalue weighted by atomic mass is 16.3. The van der Waals surface area contributed by atoms with Gasteiger partial charge in [-0.15, -0.1) is 0 Å². The topological polar surface area (TPSA) is 37.3 Å². The zero-order chi connectivity index (χ0) is 11.5. The van der Waals surface area contributed by atoms with E-state index in [0.717, 1.165) is 5.56 Å². The van der Waals surface area contributed by atoms with Gasteiger partial charge in [0, 0.05) is 11.1 Å². The van der Waals surface area contributed by atoms with Gasteiger partial charge < -0.3 is 5.11 Å². The first kappa shape index (κ1) is 10.4. The van der Waals surface area contributed by atoms with Crippen LogP contribution >= 0.6 is 0 Å². The number of aromatic hydroxyl groups is 1. The SMILES string of the molecule is Cc1ccccc1C(=O)c1cccc(O)c1. The molecule has 2 rings (SSSR count). The fourth-order valence-corrected chi connectivity index (χ4v) is 1.63. The highest BCUT2D eigenvalue weighted by Crippen LogP contribution is 2.17. The molecule has 0 unspecified atom stereocenters. The van der Waals surface area contributed by atoms with Gasteiger partial charge in [-0.3, -0.25) is 4.79 Å². The molecular formula is C14H12O2. The fraction of sp³-hybridized carbons (Fsp3) is 0.0714. The molecule has 0 bridgehead atoms. The van der Waals surface area contributed by atoms with Crippen molar-refractivity contribution in [1.82, 2.24) is 0 Å². The van der Waals surface area contributed by atoms with Crippen LogP contribution in [0.2, 0.25) is 0 Å². The summed E-state index contributed by atoms with van der Waals surface area (Å²) in [6, 6.07) is 13.8. The van der Waals surface area contributed by atoms with Gasteiger partial charge in [0.05, 0.1) is 0 Å². The first-order valence-corrected chi connectivity index (χ1v) is 5.08. The molecule has 80 valence electrons. The van der Waals surface area contributed by atoms with E-state index < -0.39 is 0 Å². The number of phenolic OH excluding ortho intramolecular Hbond substituents is 1. The van der Waals surface area contributed by atoms with Crippen LogP contribution in [0.3, 0.4) is 0 Å². The molecule has 0 aromatic heterocycles. The molecule has 0 amide bonds. The van der Waals surface area contributed by atoms with E-state index in [2.05, 4.69) is 0 Å². The highest BCUT2D eigenvalue weighted by Gasteiger charge is 2.11. The number of phenols is 1. The average molecular weight is 212 g/mol. The number of hydrogen-bond donors (Lipinski definition) is 1. The van der Waals surface area contributed by atoms with Gasteiger partial charge in [-0.25, -0.2) is 0 Å². The van der Waals surface area contributed by atoms with Crippen LogP contribution in [-0.2, 0) is 0 Å². The molecule has 16 heavy (non-hydrogen) atoms. The van der Waals surface area contributed by atoms with Crippen molar-refractivity contribution in [2.24, 2.45) is 0 Å². The predicted octanol–water partition coefficient (Wildman–Crippen LogP) is 2.93. The molecule has 1 N–H and O–H groups in total. The lowest BCUT2D eigenvalue weighted by Crippen LogP contribution is -2.02. The number of hydrogen-bond acceptors (Lipinski definition) is 2. The van der Waals surface area contributed by atoms with Gasteiger partial charge >= 0.3 is 0 Å². The van der Waals surface area contributed by atoms with E-state index in [0.29, 0.717) is 11.1 Å². The largest absolute Gasteiger partial charge is 0.508 e. The molecular weight excluding hydrogens is 200 g/mol. The summed E-state index contributed by atoms with van der Waals surface area (Å²) in [5, 5.41) is 9.33. The molecule has 0 heterocycles. The maximum Gasteiger partial charge on any atom is 0.193 e. The third-order valence-corrected chi connectivity index (χ3v) is 2.50. The molecule has 2 heteroatoms. The molecule has 0 saturated carbocycles. The Balaban J connectivity index is 2.44. The molecule has 2 nitrogen and oxygen atoms in total. The van der Waals surface area contributed by atoms with Crippen molar-refractivity contribution in [2.75, 3.05) is 0 Å². The number of rotatable bonds is 2. The van der Waals surface area contributed by atoms with E-state index in [4.69, 9.17) is 0 Å². The monoisotopic (exact) mass is 212 g/mol. The molecule has 0 aliphatic carbocycles. The second-order valence-corrected chi connectivity index (χ2v) is 3.69. The van der Waals surface area contributed by atoms with E-state index in [-0.39, 0.29) is 11.5 Å². The van der Waals surface area contributed by atoms with E-state index in [1.165, 1.54) is 6.07 Å². The van der Waals surface area contributed by atoms with Crippen LogP contribution in [0.15, 0.2) is 48.5 Å². The molecule has 0 aliphatic heterocycles. The van der Waals surface area contributed by atoms with Gasteiger partial charge in [0.2, 0.25) is 0 Å². The Labute approximate surface area is 94.2 Å². The minimum atomic E-state index is -0.0611. The zero-order valence-corrected chi connectivity index (χ0v) is 8.97. The molecule has 0 radical (unpaired) electrons. The van der Waals surface area contributed by atoms with Gasteiger partial charge in [0.1, 0.15) is 5.75 Å². The maximum absolute atomic E-state index is 12.1. The van der Waals surface area contributed by atoms with Crippen LogP contribution in [0.5, 0.6) is 5.75 Å². The molecule has 0 fully saturated rings. The highest BCUT2D eigenvalue weighted by molar-refractivity contribution is 6.10. The molecule has 0 spiro atoms. The van der Waals surface area contributed by atoms with E-state index >= 15 is 0 Å². The van der Waals surface area contributed by atoms with Gasteiger partial charge in [0.15, 0.2) is 5.78 Å². The summed E-state index contributed by atoms with van der Waals surface area (Å²) in [6.07, 6.45) is 0. The van der Waals surface area contributed by atoms with Crippen LogP contribution in [-0.4, -0.2) is 10.9 Å². The Morgan fingerprint density at radius 2 is 1.81 bits per heavy atom. The zero-order valence-electron chi connectivity index (χ0n) is 8.97. The Morgan fingerprint density at radius 3 is 2.50 bits per heavy atom. The first-order chi connectivity index (χ1) is 7.68. The van der Waals surface area contributed by atoms with Crippen LogP contribution in [0.4, 0.5) is 0 Å². The van der Waals surface area contributed by atoms with Crippen molar-refractivity contribution in [1.29, 1.82) is 0 Å². The van der Waals surface area contributed by atoms with Crippen molar-refractivity contribution < 1.29 is 9.90 Å². The van der Waals surface area contributed by atoms with Crippen LogP contribution in [0.1, 0.15) is 21.5 Å². The van der Waals surface area contributed by atoms with Crippen molar-refractivity contribution in [3.8, 4) is 5.75 Å². The lowest BCUT2D eigenvalue weighted by molar-refractivity contribution is 0.103. The summed E-state index contributed by atoms with van der Waals surface area (Å²) in [5.41, 5.74) is 2.12. The minimum absolute atomic E-state index is 0.0611. The third-order valence-electron chi connectivity index (χ3n) is 2.50. The van der Waals surface area contributed by atoms with Crippen molar-refractivity contribution in [3.05, 3.63) is 65.2 Å². The fourth-order valence-electron chi connectivity index (χ4n) is 1.63. The Bertz CT molecular complexity index is 530. The minimum Gasteiger partial charge on any atom is -0.508 e. The summed E-state index contributed by atoms with van der Waals surface area (Å²) in [5.74, 6) is 0.0495. The smallest absolute Gasteiger partial charge is 0.193 e. The standard InChI is InChI=1S/C14H12O2/c1-10-5-2-3-8-13(10)14(16)11-6-4-7-12(15)9-11/h2-9,15H,1H3. The van der Waals surface area contributed by atoms with Crippen LogP contribution < -0.4 is 0 Å². The van der Waals surface area contributed by atoms with Crippen molar-refractivity contribution >= 4 is 5.78 Å². The van der Waals surface area contributed by atoms with Gasteiger partial charge in [-0.1, -0.05) is 36.4 Å². The summed E-state index contributed by atoms with van der Waals surface area (Å²) < 4.78 is 0. The Morgan fingerprint density at radius 1 is 1.06 bits per heavy atom. The lowest BCUT2D eigenvalue weighted by atomic mass is 9.99. The second kappa shape index (κ2) is 4.19. The molecule has 0 atom stereocenters. The number of carbonyl (C=O) groups is 1. The summed E-state index contributed by atoms with van der Waals surface area (Å²) >= 11 is 0. The first-order valence-electron chi connectivity index (χ1n) is 5.08. The van der Waals surface area contributed by atoms with Crippen molar-refractivity contribution in [2.45, 2.75) is 6.92 Å². The number of aryl methyl sites for hydroxylation is 1. The molecule has 0 saturated heterocycles. The van der Waals surface area contributed by atoms with Gasteiger partial charge in [-0.05, 0) is 24.6 Å². The molecule has 0 aliphatic rings. The van der Waals surface area contributed by atoms with Crippen LogP contribution in [0.25, 0.3) is 0 Å². The Kier molecular flexibility index (Phi) is 2.73. The average Bonchev–Trinajstić information content (AvgIpc) is 2.29. The van der Waals surface area contributed by atoms with Gasteiger partial charge in [-0.2, -0.15) is 0 Å².